The summed E-state index contributed by atoms with van der Waals surface area (Å²) in [6.07, 6.45) is 1.74. The first kappa shape index (κ1) is 17.3. The lowest BCUT2D eigenvalue weighted by atomic mass is 10.1. The monoisotopic (exact) mass is 363 g/mol. The van der Waals surface area contributed by atoms with E-state index in [4.69, 9.17) is 9.26 Å². The third-order valence-corrected chi connectivity index (χ3v) is 4.89. The summed E-state index contributed by atoms with van der Waals surface area (Å²) >= 11 is 0. The molecule has 1 atom stereocenters. The molecule has 6 nitrogen and oxygen atoms in total. The molecule has 1 aliphatic heterocycles. The van der Waals surface area contributed by atoms with Crippen molar-refractivity contribution in [3.8, 4) is 17.1 Å². The van der Waals surface area contributed by atoms with E-state index in [1.54, 1.807) is 7.11 Å². The standard InChI is InChI=1S/C21H21N3O3/c1-14-5-7-16(8-6-14)21(25)24-13-3-4-18(24)20-22-19(23-27-20)15-9-11-17(26-2)12-10-15/h5-12,18H,3-4,13H2,1-2H3/t18-/m1/s1. The summed E-state index contributed by atoms with van der Waals surface area (Å²) in [5.41, 5.74) is 2.66. The number of aryl methyl sites for hydroxylation is 1. The van der Waals surface area contributed by atoms with Crippen molar-refractivity contribution in [2.24, 2.45) is 0 Å². The molecule has 0 bridgehead atoms. The van der Waals surface area contributed by atoms with E-state index in [1.807, 2.05) is 60.4 Å². The van der Waals surface area contributed by atoms with Crippen molar-refractivity contribution >= 4 is 5.91 Å². The number of hydrogen-bond donors (Lipinski definition) is 0. The summed E-state index contributed by atoms with van der Waals surface area (Å²) in [4.78, 5) is 19.3. The van der Waals surface area contributed by atoms with Gasteiger partial charge >= 0.3 is 0 Å². The SMILES string of the molecule is COc1ccc(-c2noc([C@H]3CCCN3C(=O)c3ccc(C)cc3)n2)cc1. The van der Waals surface area contributed by atoms with Crippen LogP contribution in [-0.4, -0.2) is 34.6 Å². The van der Waals surface area contributed by atoms with Crippen LogP contribution >= 0.6 is 0 Å². The number of carbonyl (C=O) groups is 1. The molecular weight excluding hydrogens is 342 g/mol. The average molecular weight is 363 g/mol. The van der Waals surface area contributed by atoms with Crippen LogP contribution in [0, 0.1) is 6.92 Å². The first-order chi connectivity index (χ1) is 13.2. The van der Waals surface area contributed by atoms with Gasteiger partial charge < -0.3 is 14.2 Å². The molecule has 0 N–H and O–H groups in total. The second-order valence-electron chi connectivity index (χ2n) is 6.71. The predicted molar refractivity (Wildman–Crippen MR) is 100 cm³/mol. The molecule has 0 spiro atoms. The predicted octanol–water partition coefficient (Wildman–Crippen LogP) is 4.03. The zero-order valence-electron chi connectivity index (χ0n) is 15.4. The van der Waals surface area contributed by atoms with E-state index in [2.05, 4.69) is 10.1 Å². The highest BCUT2D eigenvalue weighted by Gasteiger charge is 2.34. The molecule has 138 valence electrons. The molecule has 0 saturated carbocycles. The largest absolute Gasteiger partial charge is 0.497 e. The zero-order valence-corrected chi connectivity index (χ0v) is 15.4. The van der Waals surface area contributed by atoms with E-state index in [9.17, 15) is 4.79 Å². The molecule has 3 aromatic rings. The minimum Gasteiger partial charge on any atom is -0.497 e. The average Bonchev–Trinajstić information content (AvgIpc) is 3.37. The summed E-state index contributed by atoms with van der Waals surface area (Å²) in [5, 5.41) is 4.10. The van der Waals surface area contributed by atoms with Gasteiger partial charge in [-0.1, -0.05) is 22.9 Å². The van der Waals surface area contributed by atoms with Crippen molar-refractivity contribution in [1.82, 2.24) is 15.0 Å². The molecule has 2 aromatic carbocycles. The molecule has 1 aliphatic rings. The van der Waals surface area contributed by atoms with Gasteiger partial charge in [0.1, 0.15) is 11.8 Å². The van der Waals surface area contributed by atoms with Crippen LogP contribution in [0.2, 0.25) is 0 Å². The summed E-state index contributed by atoms with van der Waals surface area (Å²) in [5.74, 6) is 1.77. The number of hydrogen-bond acceptors (Lipinski definition) is 5. The molecule has 0 radical (unpaired) electrons. The van der Waals surface area contributed by atoms with Gasteiger partial charge in [0.2, 0.25) is 11.7 Å². The quantitative estimate of drug-likeness (QED) is 0.700. The molecule has 0 unspecified atom stereocenters. The fourth-order valence-electron chi connectivity index (χ4n) is 3.36. The number of ether oxygens (including phenoxy) is 1. The third-order valence-electron chi connectivity index (χ3n) is 4.89. The van der Waals surface area contributed by atoms with Gasteiger partial charge in [-0.2, -0.15) is 4.98 Å². The van der Waals surface area contributed by atoms with Crippen molar-refractivity contribution in [3.63, 3.8) is 0 Å². The molecule has 6 heteroatoms. The molecule has 1 aromatic heterocycles. The van der Waals surface area contributed by atoms with Crippen LogP contribution in [0.1, 0.15) is 40.7 Å². The number of carbonyl (C=O) groups excluding carboxylic acids is 1. The molecule has 1 amide bonds. The van der Waals surface area contributed by atoms with Crippen LogP contribution < -0.4 is 4.74 Å². The molecule has 27 heavy (non-hydrogen) atoms. The second-order valence-corrected chi connectivity index (χ2v) is 6.71. The van der Waals surface area contributed by atoms with Gasteiger partial charge in [0.05, 0.1) is 7.11 Å². The number of aromatic nitrogens is 2. The fraction of sp³-hybridized carbons (Fsp3) is 0.286. The minimum absolute atomic E-state index is 0.00157. The Bertz CT molecular complexity index is 932. The van der Waals surface area contributed by atoms with Crippen LogP contribution in [0.25, 0.3) is 11.4 Å². The van der Waals surface area contributed by atoms with Crippen molar-refractivity contribution in [2.45, 2.75) is 25.8 Å². The molecule has 2 heterocycles. The Morgan fingerprint density at radius 3 is 2.59 bits per heavy atom. The number of nitrogens with zero attached hydrogens (tertiary/aromatic N) is 3. The number of amides is 1. The van der Waals surface area contributed by atoms with Crippen LogP contribution in [0.4, 0.5) is 0 Å². The smallest absolute Gasteiger partial charge is 0.254 e. The Morgan fingerprint density at radius 2 is 1.89 bits per heavy atom. The number of methoxy groups -OCH3 is 1. The third kappa shape index (κ3) is 3.43. The van der Waals surface area contributed by atoms with Gasteiger partial charge in [-0.25, -0.2) is 0 Å². The Labute approximate surface area is 157 Å². The van der Waals surface area contributed by atoms with Gasteiger partial charge in [0.15, 0.2) is 0 Å². The highest BCUT2D eigenvalue weighted by Crippen LogP contribution is 2.33. The molecular formula is C21H21N3O3. The molecule has 1 saturated heterocycles. The summed E-state index contributed by atoms with van der Waals surface area (Å²) in [6, 6.07) is 14.9. The lowest BCUT2D eigenvalue weighted by Gasteiger charge is -2.22. The summed E-state index contributed by atoms with van der Waals surface area (Å²) in [6.45, 7) is 2.70. The lowest BCUT2D eigenvalue weighted by molar-refractivity contribution is 0.0710. The maximum atomic E-state index is 12.9. The second kappa shape index (κ2) is 7.23. The van der Waals surface area contributed by atoms with E-state index < -0.39 is 0 Å². The first-order valence-corrected chi connectivity index (χ1v) is 9.01. The van der Waals surface area contributed by atoms with E-state index >= 15 is 0 Å². The van der Waals surface area contributed by atoms with E-state index in [-0.39, 0.29) is 11.9 Å². The van der Waals surface area contributed by atoms with E-state index in [0.717, 1.165) is 29.7 Å². The van der Waals surface area contributed by atoms with Crippen molar-refractivity contribution in [2.75, 3.05) is 13.7 Å². The van der Waals surface area contributed by atoms with Crippen LogP contribution in [0.15, 0.2) is 53.1 Å². The van der Waals surface area contributed by atoms with Crippen LogP contribution in [0.5, 0.6) is 5.75 Å². The van der Waals surface area contributed by atoms with Gasteiger partial charge in [-0.05, 0) is 56.2 Å². The van der Waals surface area contributed by atoms with Crippen LogP contribution in [-0.2, 0) is 0 Å². The van der Waals surface area contributed by atoms with Crippen molar-refractivity contribution in [1.29, 1.82) is 0 Å². The van der Waals surface area contributed by atoms with E-state index in [1.165, 1.54) is 0 Å². The zero-order chi connectivity index (χ0) is 18.8. The molecule has 1 fully saturated rings. The molecule has 0 aliphatic carbocycles. The highest BCUT2D eigenvalue weighted by molar-refractivity contribution is 5.94. The van der Waals surface area contributed by atoms with Crippen LogP contribution in [0.3, 0.4) is 0 Å². The maximum Gasteiger partial charge on any atom is 0.254 e. The topological polar surface area (TPSA) is 68.5 Å². The van der Waals surface area contributed by atoms with Crippen molar-refractivity contribution in [3.05, 3.63) is 65.5 Å². The number of rotatable bonds is 4. The Balaban J connectivity index is 1.56. The number of likely N-dealkylation sites (tertiary alicyclic amines) is 1. The summed E-state index contributed by atoms with van der Waals surface area (Å²) < 4.78 is 10.7. The Morgan fingerprint density at radius 1 is 1.15 bits per heavy atom. The lowest BCUT2D eigenvalue weighted by Crippen LogP contribution is -2.30. The minimum atomic E-state index is -0.182. The Kier molecular flexibility index (Phi) is 4.62. The van der Waals surface area contributed by atoms with Crippen molar-refractivity contribution < 1.29 is 14.1 Å². The maximum absolute atomic E-state index is 12.9. The van der Waals surface area contributed by atoms with Gasteiger partial charge in [-0.15, -0.1) is 0 Å². The van der Waals surface area contributed by atoms with Gasteiger partial charge in [-0.3, -0.25) is 4.79 Å². The van der Waals surface area contributed by atoms with E-state index in [0.29, 0.717) is 23.8 Å². The Hall–Kier alpha value is -3.15. The highest BCUT2D eigenvalue weighted by atomic mass is 16.5. The summed E-state index contributed by atoms with van der Waals surface area (Å²) in [7, 11) is 1.63. The first-order valence-electron chi connectivity index (χ1n) is 9.01. The van der Waals surface area contributed by atoms with Gasteiger partial charge in [0.25, 0.3) is 5.91 Å². The normalized spacial score (nSPS) is 16.5. The fourth-order valence-corrected chi connectivity index (χ4v) is 3.36. The molecule has 4 rings (SSSR count). The van der Waals surface area contributed by atoms with Gasteiger partial charge in [0, 0.05) is 17.7 Å². The number of benzene rings is 2.